The number of hydrogen-bond acceptors (Lipinski definition) is 6. The van der Waals surface area contributed by atoms with Gasteiger partial charge < -0.3 is 28.8 Å². The van der Waals surface area contributed by atoms with Crippen LogP contribution in [0, 0.1) is 11.6 Å². The van der Waals surface area contributed by atoms with Gasteiger partial charge in [-0.25, -0.2) is 13.8 Å². The largest absolute Gasteiger partial charge is 0.497 e. The molecule has 10 heteroatoms. The molecule has 0 spiro atoms. The molecule has 1 aliphatic carbocycles. The van der Waals surface area contributed by atoms with Crippen LogP contribution >= 0.6 is 0 Å². The van der Waals surface area contributed by atoms with E-state index in [4.69, 9.17) is 23.9 Å². The Morgan fingerprint density at radius 2 is 1.68 bits per heavy atom. The van der Waals surface area contributed by atoms with Crippen molar-refractivity contribution in [3.05, 3.63) is 83.2 Å². The molecule has 6 rings (SSSR count). The second-order valence-corrected chi connectivity index (χ2v) is 9.99. The maximum absolute atomic E-state index is 14.7. The van der Waals surface area contributed by atoms with Crippen molar-refractivity contribution in [3.63, 3.8) is 0 Å². The van der Waals surface area contributed by atoms with E-state index in [9.17, 15) is 13.6 Å². The maximum atomic E-state index is 14.7. The normalized spacial score (nSPS) is 16.3. The Kier molecular flexibility index (Phi) is 7.02. The fraction of sp³-hybridized carbons (Fsp3) is 0.333. The molecule has 1 N–H and O–H groups in total. The highest BCUT2D eigenvalue weighted by Crippen LogP contribution is 2.39. The zero-order valence-electron chi connectivity index (χ0n) is 22.2. The third kappa shape index (κ3) is 4.72. The molecule has 0 bridgehead atoms. The first-order valence-electron chi connectivity index (χ1n) is 13.2. The van der Waals surface area contributed by atoms with E-state index in [-0.39, 0.29) is 29.8 Å². The number of halogens is 2. The van der Waals surface area contributed by atoms with Crippen LogP contribution < -0.4 is 19.5 Å². The average Bonchev–Trinajstić information content (AvgIpc) is 3.72. The van der Waals surface area contributed by atoms with Gasteiger partial charge in [0.05, 0.1) is 18.1 Å². The van der Waals surface area contributed by atoms with E-state index < -0.39 is 23.8 Å². The molecule has 1 amide bonds. The molecule has 208 valence electrons. The van der Waals surface area contributed by atoms with E-state index in [1.165, 1.54) is 7.11 Å². The number of nitrogens with zero attached hydrogens (tertiary/aromatic N) is 2. The topological polar surface area (TPSA) is 83.8 Å². The zero-order chi connectivity index (χ0) is 27.8. The lowest BCUT2D eigenvalue weighted by Gasteiger charge is -2.26. The van der Waals surface area contributed by atoms with E-state index in [1.807, 2.05) is 6.07 Å². The van der Waals surface area contributed by atoms with Crippen LogP contribution in [-0.4, -0.2) is 42.5 Å². The summed E-state index contributed by atoms with van der Waals surface area (Å²) in [5.41, 5.74) is 1.76. The molecule has 3 aromatic carbocycles. The first kappa shape index (κ1) is 26.1. The van der Waals surface area contributed by atoms with E-state index in [0.29, 0.717) is 34.2 Å². The lowest BCUT2D eigenvalue weighted by atomic mass is 10.0. The Bertz CT molecular complexity index is 1550. The molecule has 1 aliphatic heterocycles. The van der Waals surface area contributed by atoms with Gasteiger partial charge in [0.1, 0.15) is 23.7 Å². The van der Waals surface area contributed by atoms with E-state index in [0.717, 1.165) is 37.8 Å². The van der Waals surface area contributed by atoms with Crippen LogP contribution in [-0.2, 0) is 9.53 Å². The van der Waals surface area contributed by atoms with Gasteiger partial charge in [0.2, 0.25) is 12.7 Å². The van der Waals surface area contributed by atoms with Crippen molar-refractivity contribution in [2.45, 2.75) is 43.9 Å². The molecular formula is C30H29F2N3O5. The van der Waals surface area contributed by atoms with Gasteiger partial charge in [-0.15, -0.1) is 0 Å². The lowest BCUT2D eigenvalue weighted by molar-refractivity contribution is -0.123. The number of fused-ring (bicyclic) bond motifs is 2. The second-order valence-electron chi connectivity index (χ2n) is 9.99. The standard InChI is InChI=1S/C30H29F2N3O5/c1-37-20-10-7-17(8-11-20)27(30(36)33-19-5-3-4-6-19)35-24-15-22(32)21(31)14-23(24)34-29(35)28(38-2)18-9-12-25-26(13-18)40-16-39-25/h7-15,19,27-28H,3-6,16H2,1-2H3,(H,33,36). The summed E-state index contributed by atoms with van der Waals surface area (Å²) >= 11 is 0. The average molecular weight is 550 g/mol. The van der Waals surface area contributed by atoms with Crippen molar-refractivity contribution in [1.82, 2.24) is 14.9 Å². The summed E-state index contributed by atoms with van der Waals surface area (Å²) in [6, 6.07) is 13.6. The Morgan fingerprint density at radius 3 is 2.40 bits per heavy atom. The van der Waals surface area contributed by atoms with Gasteiger partial charge in [0, 0.05) is 25.3 Å². The fourth-order valence-corrected chi connectivity index (χ4v) is 5.59. The smallest absolute Gasteiger partial charge is 0.247 e. The predicted octanol–water partition coefficient (Wildman–Crippen LogP) is 5.44. The van der Waals surface area contributed by atoms with Crippen LogP contribution in [0.3, 0.4) is 0 Å². The highest BCUT2D eigenvalue weighted by Gasteiger charge is 2.34. The van der Waals surface area contributed by atoms with Gasteiger partial charge in [-0.1, -0.05) is 31.0 Å². The maximum Gasteiger partial charge on any atom is 0.247 e. The number of carbonyl (C=O) groups is 1. The molecule has 2 atom stereocenters. The fourth-order valence-electron chi connectivity index (χ4n) is 5.59. The van der Waals surface area contributed by atoms with Crippen LogP contribution in [0.1, 0.15) is 54.8 Å². The van der Waals surface area contributed by atoms with Crippen molar-refractivity contribution in [2.24, 2.45) is 0 Å². The van der Waals surface area contributed by atoms with Crippen LogP contribution in [0.2, 0.25) is 0 Å². The van der Waals surface area contributed by atoms with Gasteiger partial charge in [-0.3, -0.25) is 4.79 Å². The lowest BCUT2D eigenvalue weighted by Crippen LogP contribution is -2.39. The van der Waals surface area contributed by atoms with E-state index in [1.54, 1.807) is 48.1 Å². The second kappa shape index (κ2) is 10.8. The number of aromatic nitrogens is 2. The Balaban J connectivity index is 1.55. The molecular weight excluding hydrogens is 520 g/mol. The Morgan fingerprint density at radius 1 is 0.975 bits per heavy atom. The molecule has 40 heavy (non-hydrogen) atoms. The number of rotatable bonds is 8. The Labute approximate surface area is 229 Å². The number of benzene rings is 3. The van der Waals surface area contributed by atoms with Gasteiger partial charge in [-0.2, -0.15) is 0 Å². The molecule has 0 saturated heterocycles. The monoisotopic (exact) mass is 549 g/mol. The minimum Gasteiger partial charge on any atom is -0.497 e. The number of hydrogen-bond donors (Lipinski definition) is 1. The van der Waals surface area contributed by atoms with Gasteiger partial charge in [0.25, 0.3) is 0 Å². The van der Waals surface area contributed by atoms with Crippen molar-refractivity contribution in [2.75, 3.05) is 21.0 Å². The first-order valence-corrected chi connectivity index (χ1v) is 13.2. The highest BCUT2D eigenvalue weighted by atomic mass is 19.2. The summed E-state index contributed by atoms with van der Waals surface area (Å²) in [4.78, 5) is 18.8. The van der Waals surface area contributed by atoms with Gasteiger partial charge >= 0.3 is 0 Å². The number of imidazole rings is 1. The minimum atomic E-state index is -1.04. The predicted molar refractivity (Wildman–Crippen MR) is 143 cm³/mol. The summed E-state index contributed by atoms with van der Waals surface area (Å²) in [6.07, 6.45) is 3.05. The zero-order valence-corrected chi connectivity index (χ0v) is 22.2. The summed E-state index contributed by atoms with van der Waals surface area (Å²) < 4.78 is 53.0. The molecule has 1 fully saturated rings. The van der Waals surface area contributed by atoms with Crippen LogP contribution in [0.25, 0.3) is 11.0 Å². The van der Waals surface area contributed by atoms with Crippen molar-refractivity contribution in [1.29, 1.82) is 0 Å². The molecule has 1 aromatic heterocycles. The van der Waals surface area contributed by atoms with Gasteiger partial charge in [0.15, 0.2) is 23.1 Å². The van der Waals surface area contributed by atoms with E-state index >= 15 is 0 Å². The molecule has 2 unspecified atom stereocenters. The summed E-state index contributed by atoms with van der Waals surface area (Å²) in [5.74, 6) is -0.267. The molecule has 2 aliphatic rings. The van der Waals surface area contributed by atoms with Crippen LogP contribution in [0.5, 0.6) is 17.2 Å². The minimum absolute atomic E-state index is 0.0350. The Hall–Kier alpha value is -4.18. The molecule has 1 saturated carbocycles. The van der Waals surface area contributed by atoms with Crippen molar-refractivity contribution in [3.8, 4) is 17.2 Å². The van der Waals surface area contributed by atoms with Crippen molar-refractivity contribution < 1.29 is 32.5 Å². The SMILES string of the molecule is COc1ccc(C(C(=O)NC2CCCC2)n2c(C(OC)c3ccc4c(c3)OCO4)nc3cc(F)c(F)cc32)cc1. The summed E-state index contributed by atoms with van der Waals surface area (Å²) in [7, 11) is 3.08. The molecule has 0 radical (unpaired) electrons. The van der Waals surface area contributed by atoms with Crippen molar-refractivity contribution >= 4 is 16.9 Å². The molecule has 8 nitrogen and oxygen atoms in total. The number of carbonyl (C=O) groups excluding carboxylic acids is 1. The third-order valence-electron chi connectivity index (χ3n) is 7.57. The third-order valence-corrected chi connectivity index (χ3v) is 7.57. The number of amides is 1. The van der Waals surface area contributed by atoms with Crippen LogP contribution in [0.15, 0.2) is 54.6 Å². The quantitative estimate of drug-likeness (QED) is 0.315. The first-order chi connectivity index (χ1) is 19.5. The molecule has 4 aromatic rings. The summed E-state index contributed by atoms with van der Waals surface area (Å²) in [6.45, 7) is 0.106. The number of methoxy groups -OCH3 is 2. The van der Waals surface area contributed by atoms with E-state index in [2.05, 4.69) is 5.32 Å². The summed E-state index contributed by atoms with van der Waals surface area (Å²) in [5, 5.41) is 3.18. The molecule has 2 heterocycles. The number of ether oxygens (including phenoxy) is 4. The van der Waals surface area contributed by atoms with Gasteiger partial charge in [-0.05, 0) is 48.2 Å². The van der Waals surface area contributed by atoms with Crippen LogP contribution in [0.4, 0.5) is 8.78 Å². The number of nitrogens with one attached hydrogen (secondary N) is 1. The highest BCUT2D eigenvalue weighted by molar-refractivity contribution is 5.87.